The fraction of sp³-hybridized carbons (Fsp3) is 0.600. The van der Waals surface area contributed by atoms with Crippen LogP contribution in [-0.2, 0) is 16.0 Å². The van der Waals surface area contributed by atoms with Crippen molar-refractivity contribution in [3.8, 4) is 0 Å². The van der Waals surface area contributed by atoms with Gasteiger partial charge in [-0.25, -0.2) is 4.39 Å². The van der Waals surface area contributed by atoms with E-state index in [0.29, 0.717) is 18.9 Å². The molecule has 1 aromatic carbocycles. The van der Waals surface area contributed by atoms with E-state index in [9.17, 15) is 14.0 Å². The van der Waals surface area contributed by atoms with E-state index in [1.165, 1.54) is 12.1 Å². The summed E-state index contributed by atoms with van der Waals surface area (Å²) in [7, 11) is 0. The van der Waals surface area contributed by atoms with E-state index in [2.05, 4.69) is 0 Å². The van der Waals surface area contributed by atoms with Gasteiger partial charge in [0, 0.05) is 26.1 Å². The van der Waals surface area contributed by atoms with Crippen LogP contribution in [0.4, 0.5) is 4.39 Å². The number of nitrogens with zero attached hydrogens (tertiary/aromatic N) is 2. The van der Waals surface area contributed by atoms with Crippen LogP contribution in [0.1, 0.15) is 44.6 Å². The normalized spacial score (nSPS) is 21.6. The molecule has 0 spiro atoms. The molecule has 0 aliphatic carbocycles. The number of halogens is 1. The Kier molecular flexibility index (Phi) is 5.71. The summed E-state index contributed by atoms with van der Waals surface area (Å²) in [5, 5.41) is 0. The highest BCUT2D eigenvalue weighted by Gasteiger charge is 2.36. The predicted molar refractivity (Wildman–Crippen MR) is 94.4 cm³/mol. The second kappa shape index (κ2) is 7.98. The van der Waals surface area contributed by atoms with Gasteiger partial charge in [-0.05, 0) is 55.7 Å². The molecule has 0 radical (unpaired) electrons. The van der Waals surface area contributed by atoms with Gasteiger partial charge in [-0.3, -0.25) is 9.59 Å². The molecule has 25 heavy (non-hydrogen) atoms. The largest absolute Gasteiger partial charge is 0.341 e. The molecular weight excluding hydrogens is 319 g/mol. The van der Waals surface area contributed by atoms with E-state index in [1.54, 1.807) is 4.90 Å². The molecule has 136 valence electrons. The van der Waals surface area contributed by atoms with Gasteiger partial charge >= 0.3 is 0 Å². The molecule has 0 saturated carbocycles. The number of carbonyl (C=O) groups is 2. The first-order valence-electron chi connectivity index (χ1n) is 9.41. The number of amides is 2. The van der Waals surface area contributed by atoms with Crippen molar-refractivity contribution in [1.29, 1.82) is 0 Å². The zero-order valence-electron chi connectivity index (χ0n) is 14.9. The summed E-state index contributed by atoms with van der Waals surface area (Å²) in [6.07, 6.45) is 5.05. The molecule has 2 heterocycles. The molecule has 1 atom stereocenters. The van der Waals surface area contributed by atoms with Crippen molar-refractivity contribution in [2.24, 2.45) is 5.92 Å². The molecule has 2 saturated heterocycles. The van der Waals surface area contributed by atoms with Crippen molar-refractivity contribution < 1.29 is 14.0 Å². The quantitative estimate of drug-likeness (QED) is 0.841. The van der Waals surface area contributed by atoms with E-state index < -0.39 is 0 Å². The molecule has 2 fully saturated rings. The van der Waals surface area contributed by atoms with Crippen LogP contribution < -0.4 is 0 Å². The van der Waals surface area contributed by atoms with Crippen molar-refractivity contribution in [3.63, 3.8) is 0 Å². The second-order valence-electron chi connectivity index (χ2n) is 7.20. The minimum Gasteiger partial charge on any atom is -0.341 e. The zero-order valence-corrected chi connectivity index (χ0v) is 14.9. The van der Waals surface area contributed by atoms with Crippen molar-refractivity contribution in [2.75, 3.05) is 19.6 Å². The molecule has 0 bridgehead atoms. The van der Waals surface area contributed by atoms with Crippen LogP contribution in [0.15, 0.2) is 24.3 Å². The maximum absolute atomic E-state index is 13.0. The lowest BCUT2D eigenvalue weighted by atomic mass is 9.90. The number of carbonyl (C=O) groups excluding carboxylic acids is 2. The van der Waals surface area contributed by atoms with Crippen molar-refractivity contribution in [3.05, 3.63) is 35.6 Å². The highest BCUT2D eigenvalue weighted by molar-refractivity contribution is 5.88. The first kappa shape index (κ1) is 17.9. The molecule has 2 aliphatic rings. The molecule has 3 rings (SSSR count). The number of benzene rings is 1. The number of hydrogen-bond donors (Lipinski definition) is 0. The molecule has 5 heteroatoms. The Bertz CT molecular complexity index is 609. The molecule has 0 N–H and O–H groups in total. The lowest BCUT2D eigenvalue weighted by Gasteiger charge is -2.35. The second-order valence-corrected chi connectivity index (χ2v) is 7.20. The SMILES string of the molecule is CCC(=O)N1CCC[C@@H]1C(=O)N1CCC(Cc2ccc(F)cc2)CC1. The third-order valence-corrected chi connectivity index (χ3v) is 5.52. The topological polar surface area (TPSA) is 40.6 Å². The van der Waals surface area contributed by atoms with E-state index >= 15 is 0 Å². The Labute approximate surface area is 149 Å². The molecule has 0 unspecified atom stereocenters. The first-order chi connectivity index (χ1) is 12.1. The van der Waals surface area contributed by atoms with E-state index in [-0.39, 0.29) is 23.7 Å². The number of piperidine rings is 1. The van der Waals surface area contributed by atoms with Gasteiger partial charge in [-0.1, -0.05) is 19.1 Å². The van der Waals surface area contributed by atoms with E-state index in [0.717, 1.165) is 50.8 Å². The average Bonchev–Trinajstić information content (AvgIpc) is 3.13. The highest BCUT2D eigenvalue weighted by atomic mass is 19.1. The molecule has 2 amide bonds. The lowest BCUT2D eigenvalue weighted by molar-refractivity contribution is -0.144. The van der Waals surface area contributed by atoms with Gasteiger partial charge in [0.1, 0.15) is 11.9 Å². The third-order valence-electron chi connectivity index (χ3n) is 5.52. The molecular formula is C20H27FN2O2. The summed E-state index contributed by atoms with van der Waals surface area (Å²) < 4.78 is 13.0. The Balaban J connectivity index is 1.52. The van der Waals surface area contributed by atoms with Gasteiger partial charge in [-0.2, -0.15) is 0 Å². The molecule has 0 aromatic heterocycles. The highest BCUT2D eigenvalue weighted by Crippen LogP contribution is 2.25. The average molecular weight is 346 g/mol. The lowest BCUT2D eigenvalue weighted by Crippen LogP contribution is -2.50. The maximum Gasteiger partial charge on any atom is 0.245 e. The standard InChI is InChI=1S/C20H27FN2O2/c1-2-19(24)23-11-3-4-18(23)20(25)22-12-9-16(10-13-22)14-15-5-7-17(21)8-6-15/h5-8,16,18H,2-4,9-14H2,1H3/t18-/m1/s1. The van der Waals surface area contributed by atoms with Crippen LogP contribution >= 0.6 is 0 Å². The van der Waals surface area contributed by atoms with Crippen molar-refractivity contribution >= 4 is 11.8 Å². The van der Waals surface area contributed by atoms with Gasteiger partial charge in [0.25, 0.3) is 0 Å². The first-order valence-corrected chi connectivity index (χ1v) is 9.41. The Morgan fingerprint density at radius 2 is 1.76 bits per heavy atom. The van der Waals surface area contributed by atoms with Gasteiger partial charge < -0.3 is 9.80 Å². The molecule has 2 aliphatic heterocycles. The minimum atomic E-state index is -0.249. The van der Waals surface area contributed by atoms with Crippen LogP contribution in [0.25, 0.3) is 0 Å². The summed E-state index contributed by atoms with van der Waals surface area (Å²) in [5.41, 5.74) is 1.15. The van der Waals surface area contributed by atoms with E-state index in [4.69, 9.17) is 0 Å². The fourth-order valence-electron chi connectivity index (χ4n) is 4.05. The van der Waals surface area contributed by atoms with E-state index in [1.807, 2.05) is 24.0 Å². The van der Waals surface area contributed by atoms with Gasteiger partial charge in [0.15, 0.2) is 0 Å². The number of hydrogen-bond acceptors (Lipinski definition) is 2. The van der Waals surface area contributed by atoms with Gasteiger partial charge in [0.05, 0.1) is 0 Å². The van der Waals surface area contributed by atoms with Crippen LogP contribution in [0.3, 0.4) is 0 Å². The monoisotopic (exact) mass is 346 g/mol. The number of rotatable bonds is 4. The van der Waals surface area contributed by atoms with Gasteiger partial charge in [0.2, 0.25) is 11.8 Å². The fourth-order valence-corrected chi connectivity index (χ4v) is 4.05. The van der Waals surface area contributed by atoms with Gasteiger partial charge in [-0.15, -0.1) is 0 Å². The minimum absolute atomic E-state index is 0.0852. The molecule has 1 aromatic rings. The summed E-state index contributed by atoms with van der Waals surface area (Å²) in [4.78, 5) is 28.6. The Morgan fingerprint density at radius 1 is 1.08 bits per heavy atom. The number of likely N-dealkylation sites (tertiary alicyclic amines) is 2. The zero-order chi connectivity index (χ0) is 17.8. The van der Waals surface area contributed by atoms with Crippen LogP contribution in [0.5, 0.6) is 0 Å². The summed E-state index contributed by atoms with van der Waals surface area (Å²) in [6.45, 7) is 4.08. The van der Waals surface area contributed by atoms with Crippen molar-refractivity contribution in [2.45, 2.75) is 51.5 Å². The van der Waals surface area contributed by atoms with Crippen LogP contribution in [0, 0.1) is 11.7 Å². The van der Waals surface area contributed by atoms with Crippen LogP contribution in [-0.4, -0.2) is 47.3 Å². The Hall–Kier alpha value is -1.91. The Morgan fingerprint density at radius 3 is 2.40 bits per heavy atom. The van der Waals surface area contributed by atoms with Crippen molar-refractivity contribution in [1.82, 2.24) is 9.80 Å². The maximum atomic E-state index is 13.0. The van der Waals surface area contributed by atoms with Crippen LogP contribution in [0.2, 0.25) is 0 Å². The third kappa shape index (κ3) is 4.20. The summed E-state index contributed by atoms with van der Waals surface area (Å²) >= 11 is 0. The smallest absolute Gasteiger partial charge is 0.245 e. The summed E-state index contributed by atoms with van der Waals surface area (Å²) in [5.74, 6) is 0.542. The predicted octanol–water partition coefficient (Wildman–Crippen LogP) is 3.01. The summed E-state index contributed by atoms with van der Waals surface area (Å²) in [6, 6.07) is 6.46. The molecule has 4 nitrogen and oxygen atoms in total.